The minimum Gasteiger partial charge on any atom is -0.444 e. The third kappa shape index (κ3) is 4.88. The number of ether oxygens (including phenoxy) is 1. The van der Waals surface area contributed by atoms with Gasteiger partial charge in [0.25, 0.3) is 0 Å². The highest BCUT2D eigenvalue weighted by atomic mass is 32.1. The van der Waals surface area contributed by atoms with Crippen LogP contribution in [0.4, 0.5) is 16.4 Å². The maximum absolute atomic E-state index is 12.1. The van der Waals surface area contributed by atoms with Gasteiger partial charge in [-0.15, -0.1) is 21.5 Å². The molecule has 5 aromatic heterocycles. The number of nitrogens with zero attached hydrogens (tertiary/aromatic N) is 8. The van der Waals surface area contributed by atoms with E-state index < -0.39 is 11.7 Å². The van der Waals surface area contributed by atoms with Crippen molar-refractivity contribution in [1.82, 2.24) is 39.5 Å². The molecule has 5 aromatic rings. The van der Waals surface area contributed by atoms with Crippen molar-refractivity contribution < 1.29 is 9.53 Å². The van der Waals surface area contributed by atoms with Gasteiger partial charge < -0.3 is 15.0 Å². The monoisotopic (exact) mass is 558 g/mol. The normalized spacial score (nSPS) is 13.7. The van der Waals surface area contributed by atoms with Gasteiger partial charge in [0.05, 0.1) is 22.0 Å². The molecule has 0 bridgehead atoms. The lowest BCUT2D eigenvalue weighted by atomic mass is 10.0. The van der Waals surface area contributed by atoms with Gasteiger partial charge in [-0.1, -0.05) is 6.42 Å². The van der Waals surface area contributed by atoms with E-state index in [0.717, 1.165) is 63.8 Å². The van der Waals surface area contributed by atoms with Crippen LogP contribution in [-0.4, -0.2) is 51.2 Å². The molecule has 6 heterocycles. The number of fused-ring (bicyclic) bond motifs is 2. The Morgan fingerprint density at radius 2 is 1.95 bits per heavy atom. The lowest BCUT2D eigenvalue weighted by Crippen LogP contribution is -2.27. The molecule has 0 aromatic carbocycles. The Hall–Kier alpha value is -4.39. The van der Waals surface area contributed by atoms with Crippen LogP contribution < -0.4 is 11.1 Å². The molecule has 1 aliphatic heterocycles. The van der Waals surface area contributed by atoms with E-state index in [4.69, 9.17) is 15.5 Å². The van der Waals surface area contributed by atoms with Crippen LogP contribution in [0.1, 0.15) is 45.9 Å². The van der Waals surface area contributed by atoms with Crippen LogP contribution in [0.5, 0.6) is 0 Å². The minimum absolute atomic E-state index is 0.140. The lowest BCUT2D eigenvalue weighted by molar-refractivity contribution is 0.0634. The predicted molar refractivity (Wildman–Crippen MR) is 154 cm³/mol. The number of nitrogens with two attached hydrogens (primary N) is 1. The quantitative estimate of drug-likeness (QED) is 0.308. The standard InChI is InChI=1S/C27H30N10O2S/c1-27(2,3)39-26(38)33-25-29-13-15(14-30-25)17-12-16(18-9-10-31-36(18)4)20-21(28)22(40-24(20)32-17)23-35-34-19-8-6-5-7-11-37(19)23/h9-10,12-14H,5-8,11,28H2,1-4H3,(H,29,30,33,38). The van der Waals surface area contributed by atoms with Crippen LogP contribution in [0.3, 0.4) is 0 Å². The smallest absolute Gasteiger partial charge is 0.414 e. The first-order valence-corrected chi connectivity index (χ1v) is 14.0. The van der Waals surface area contributed by atoms with E-state index in [1.54, 1.807) is 39.4 Å². The maximum atomic E-state index is 12.1. The molecule has 12 nitrogen and oxygen atoms in total. The van der Waals surface area contributed by atoms with Crippen molar-refractivity contribution in [2.24, 2.45) is 7.05 Å². The van der Waals surface area contributed by atoms with Crippen LogP contribution in [0.2, 0.25) is 0 Å². The molecule has 0 saturated heterocycles. The minimum atomic E-state index is -0.627. The SMILES string of the molecule is Cn1nccc1-c1cc(-c2cnc(NC(=O)OC(C)(C)C)nc2)nc2sc(-c3nnc4n3CCCCC4)c(N)c12. The summed E-state index contributed by atoms with van der Waals surface area (Å²) in [5.74, 6) is 1.93. The van der Waals surface area contributed by atoms with E-state index >= 15 is 0 Å². The molecular weight excluding hydrogens is 528 g/mol. The fourth-order valence-corrected chi connectivity index (χ4v) is 5.96. The van der Waals surface area contributed by atoms with Crippen molar-refractivity contribution in [2.75, 3.05) is 11.1 Å². The van der Waals surface area contributed by atoms with Crippen molar-refractivity contribution in [3.8, 4) is 33.2 Å². The Bertz CT molecular complexity index is 1710. The number of pyridine rings is 1. The Morgan fingerprint density at radius 1 is 1.15 bits per heavy atom. The summed E-state index contributed by atoms with van der Waals surface area (Å²) in [6.45, 7) is 6.25. The number of nitrogen functional groups attached to an aromatic ring is 1. The van der Waals surface area contributed by atoms with Gasteiger partial charge in [0, 0.05) is 55.1 Å². The van der Waals surface area contributed by atoms with Crippen LogP contribution in [0, 0.1) is 0 Å². The van der Waals surface area contributed by atoms with E-state index in [0.29, 0.717) is 16.9 Å². The molecule has 0 fully saturated rings. The third-order valence-electron chi connectivity index (χ3n) is 6.67. The van der Waals surface area contributed by atoms with Crippen molar-refractivity contribution >= 4 is 39.3 Å². The van der Waals surface area contributed by atoms with Gasteiger partial charge in [-0.2, -0.15) is 5.10 Å². The third-order valence-corrected chi connectivity index (χ3v) is 7.76. The van der Waals surface area contributed by atoms with Crippen LogP contribution in [0.25, 0.3) is 43.4 Å². The van der Waals surface area contributed by atoms with E-state index in [2.05, 4.69) is 35.1 Å². The number of rotatable bonds is 4. The molecule has 0 unspecified atom stereocenters. The van der Waals surface area contributed by atoms with Gasteiger partial charge in [-0.25, -0.2) is 19.7 Å². The van der Waals surface area contributed by atoms with Crippen LogP contribution >= 0.6 is 11.3 Å². The second-order valence-corrected chi connectivity index (χ2v) is 11.7. The van der Waals surface area contributed by atoms with Gasteiger partial charge in [-0.05, 0) is 45.7 Å². The topological polar surface area (TPSA) is 152 Å². The van der Waals surface area contributed by atoms with Gasteiger partial charge in [0.2, 0.25) is 5.95 Å². The maximum Gasteiger partial charge on any atom is 0.414 e. The zero-order valence-corrected chi connectivity index (χ0v) is 23.6. The number of thiophene rings is 1. The molecule has 206 valence electrons. The average Bonchev–Trinajstić information content (AvgIpc) is 3.54. The molecule has 0 spiro atoms. The highest BCUT2D eigenvalue weighted by Crippen LogP contribution is 2.45. The van der Waals surface area contributed by atoms with E-state index in [1.807, 2.05) is 23.9 Å². The Morgan fingerprint density at radius 3 is 2.67 bits per heavy atom. The van der Waals surface area contributed by atoms with Gasteiger partial charge >= 0.3 is 6.09 Å². The molecule has 0 aliphatic carbocycles. The van der Waals surface area contributed by atoms with Crippen molar-refractivity contribution in [3.05, 3.63) is 36.5 Å². The first kappa shape index (κ1) is 25.9. The summed E-state index contributed by atoms with van der Waals surface area (Å²) < 4.78 is 9.29. The number of nitrogens with one attached hydrogen (secondary N) is 1. The highest BCUT2D eigenvalue weighted by Gasteiger charge is 2.25. The molecule has 3 N–H and O–H groups in total. The van der Waals surface area contributed by atoms with Crippen molar-refractivity contribution in [3.63, 3.8) is 0 Å². The second-order valence-electron chi connectivity index (χ2n) is 10.7. The number of carbonyl (C=O) groups is 1. The van der Waals surface area contributed by atoms with Gasteiger partial charge in [-0.3, -0.25) is 10.00 Å². The lowest BCUT2D eigenvalue weighted by Gasteiger charge is -2.19. The molecule has 0 atom stereocenters. The molecule has 6 rings (SSSR count). The van der Waals surface area contributed by atoms with Crippen molar-refractivity contribution in [1.29, 1.82) is 0 Å². The number of anilines is 2. The summed E-state index contributed by atoms with van der Waals surface area (Å²) in [6, 6.07) is 3.92. The summed E-state index contributed by atoms with van der Waals surface area (Å²) in [4.78, 5) is 27.3. The first-order valence-electron chi connectivity index (χ1n) is 13.1. The number of aryl methyl sites for hydroxylation is 2. The second kappa shape index (κ2) is 9.97. The Balaban J connectivity index is 1.43. The Labute approximate surface area is 234 Å². The zero-order valence-electron chi connectivity index (χ0n) is 22.8. The summed E-state index contributed by atoms with van der Waals surface area (Å²) in [5.41, 5.74) is 9.99. The van der Waals surface area contributed by atoms with Crippen molar-refractivity contribution in [2.45, 2.75) is 58.6 Å². The number of hydrogen-bond acceptors (Lipinski definition) is 10. The first-order chi connectivity index (χ1) is 19.2. The van der Waals surface area contributed by atoms with Gasteiger partial charge in [0.1, 0.15) is 16.3 Å². The van der Waals surface area contributed by atoms with Gasteiger partial charge in [0.15, 0.2) is 5.82 Å². The predicted octanol–water partition coefficient (Wildman–Crippen LogP) is 5.07. The molecule has 0 radical (unpaired) electrons. The zero-order chi connectivity index (χ0) is 28.0. The fourth-order valence-electron chi connectivity index (χ4n) is 4.85. The van der Waals surface area contributed by atoms with E-state index in [1.165, 1.54) is 17.8 Å². The Kier molecular flexibility index (Phi) is 6.45. The number of carbonyl (C=O) groups excluding carboxylic acids is 1. The largest absolute Gasteiger partial charge is 0.444 e. The highest BCUT2D eigenvalue weighted by molar-refractivity contribution is 7.22. The van der Waals surface area contributed by atoms with E-state index in [-0.39, 0.29) is 5.95 Å². The average molecular weight is 559 g/mol. The summed E-state index contributed by atoms with van der Waals surface area (Å²) in [6.07, 6.45) is 8.67. The molecular formula is C27H30N10O2S. The molecule has 40 heavy (non-hydrogen) atoms. The molecule has 1 aliphatic rings. The van der Waals surface area contributed by atoms with Crippen LogP contribution in [-0.2, 0) is 24.8 Å². The number of hydrogen-bond donors (Lipinski definition) is 2. The summed E-state index contributed by atoms with van der Waals surface area (Å²) in [7, 11) is 1.89. The number of amides is 1. The molecule has 0 saturated carbocycles. The summed E-state index contributed by atoms with van der Waals surface area (Å²) >= 11 is 1.50. The summed E-state index contributed by atoms with van der Waals surface area (Å²) in [5, 5.41) is 16.8. The number of aromatic nitrogens is 8. The molecule has 1 amide bonds. The van der Waals surface area contributed by atoms with E-state index in [9.17, 15) is 4.79 Å². The fraction of sp³-hybridized carbons (Fsp3) is 0.370. The van der Waals surface area contributed by atoms with Crippen LogP contribution in [0.15, 0.2) is 30.7 Å². The molecule has 13 heteroatoms.